The standard InChI is InChI=1S/C17H28N4O2S/c1-14-6-4-5-7-16(14)13-20-17(18-2)19-12-15-8-10-21(11-9-15)24(3,22)23/h4-7,15H,8-13H2,1-3H3,(H2,18,19,20). The summed E-state index contributed by atoms with van der Waals surface area (Å²) in [5.74, 6) is 1.25. The van der Waals surface area contributed by atoms with Crippen molar-refractivity contribution in [1.82, 2.24) is 14.9 Å². The lowest BCUT2D eigenvalue weighted by atomic mass is 9.98. The Kier molecular flexibility index (Phi) is 6.62. The predicted molar refractivity (Wildman–Crippen MR) is 98.5 cm³/mol. The summed E-state index contributed by atoms with van der Waals surface area (Å²) >= 11 is 0. The highest BCUT2D eigenvalue weighted by atomic mass is 32.2. The summed E-state index contributed by atoms with van der Waals surface area (Å²) < 4.78 is 24.6. The van der Waals surface area contributed by atoms with Gasteiger partial charge in [0.2, 0.25) is 10.0 Å². The van der Waals surface area contributed by atoms with Crippen LogP contribution in [0.15, 0.2) is 29.3 Å². The zero-order valence-electron chi connectivity index (χ0n) is 14.7. The van der Waals surface area contributed by atoms with E-state index in [1.807, 2.05) is 12.1 Å². The molecule has 0 aromatic heterocycles. The Labute approximate surface area is 145 Å². The molecule has 1 aliphatic rings. The van der Waals surface area contributed by atoms with Gasteiger partial charge in [0.15, 0.2) is 5.96 Å². The first-order valence-corrected chi connectivity index (χ1v) is 10.2. The van der Waals surface area contributed by atoms with Crippen LogP contribution in [0.4, 0.5) is 0 Å². The first-order chi connectivity index (χ1) is 11.4. The lowest BCUT2D eigenvalue weighted by Crippen LogP contribution is -2.43. The van der Waals surface area contributed by atoms with Crippen LogP contribution in [-0.4, -0.2) is 51.6 Å². The first-order valence-electron chi connectivity index (χ1n) is 8.34. The van der Waals surface area contributed by atoms with Crippen LogP contribution in [0.25, 0.3) is 0 Å². The van der Waals surface area contributed by atoms with E-state index in [1.165, 1.54) is 17.4 Å². The van der Waals surface area contributed by atoms with Gasteiger partial charge in [-0.2, -0.15) is 0 Å². The Hall–Kier alpha value is -1.60. The van der Waals surface area contributed by atoms with Gasteiger partial charge in [-0.1, -0.05) is 24.3 Å². The van der Waals surface area contributed by atoms with E-state index in [0.717, 1.165) is 31.9 Å². The van der Waals surface area contributed by atoms with Crippen molar-refractivity contribution in [2.45, 2.75) is 26.3 Å². The van der Waals surface area contributed by atoms with Crippen LogP contribution in [-0.2, 0) is 16.6 Å². The third-order valence-corrected chi connectivity index (χ3v) is 5.84. The highest BCUT2D eigenvalue weighted by molar-refractivity contribution is 7.88. The number of hydrogen-bond acceptors (Lipinski definition) is 3. The third-order valence-electron chi connectivity index (χ3n) is 4.53. The molecule has 7 heteroatoms. The molecule has 1 heterocycles. The van der Waals surface area contributed by atoms with Crippen molar-refractivity contribution in [3.63, 3.8) is 0 Å². The fourth-order valence-corrected chi connectivity index (χ4v) is 3.77. The zero-order valence-corrected chi connectivity index (χ0v) is 15.6. The van der Waals surface area contributed by atoms with Crippen LogP contribution in [0.5, 0.6) is 0 Å². The molecule has 0 aliphatic carbocycles. The molecule has 0 radical (unpaired) electrons. The van der Waals surface area contributed by atoms with Gasteiger partial charge in [-0.25, -0.2) is 12.7 Å². The number of nitrogens with one attached hydrogen (secondary N) is 2. The maximum Gasteiger partial charge on any atom is 0.211 e. The number of rotatable bonds is 5. The molecule has 2 rings (SSSR count). The van der Waals surface area contributed by atoms with Crippen LogP contribution in [0.2, 0.25) is 0 Å². The van der Waals surface area contributed by atoms with E-state index in [0.29, 0.717) is 19.0 Å². The van der Waals surface area contributed by atoms with Crippen molar-refractivity contribution in [3.05, 3.63) is 35.4 Å². The number of aliphatic imine (C=N–C) groups is 1. The van der Waals surface area contributed by atoms with E-state index < -0.39 is 10.0 Å². The molecule has 0 amide bonds. The van der Waals surface area contributed by atoms with Crippen molar-refractivity contribution < 1.29 is 8.42 Å². The van der Waals surface area contributed by atoms with Gasteiger partial charge in [0.05, 0.1) is 6.26 Å². The molecule has 2 N–H and O–H groups in total. The highest BCUT2D eigenvalue weighted by Gasteiger charge is 2.24. The van der Waals surface area contributed by atoms with Crippen molar-refractivity contribution in [2.24, 2.45) is 10.9 Å². The molecule has 0 atom stereocenters. The minimum atomic E-state index is -3.05. The summed E-state index contributed by atoms with van der Waals surface area (Å²) in [5.41, 5.74) is 2.51. The minimum Gasteiger partial charge on any atom is -0.356 e. The van der Waals surface area contributed by atoms with E-state index in [4.69, 9.17) is 0 Å². The number of nitrogens with zero attached hydrogens (tertiary/aromatic N) is 2. The second kappa shape index (κ2) is 8.48. The SMILES string of the molecule is CN=C(NCc1ccccc1C)NCC1CCN(S(C)(=O)=O)CC1. The molecule has 134 valence electrons. The molecule has 0 spiro atoms. The number of piperidine rings is 1. The van der Waals surface area contributed by atoms with Crippen molar-refractivity contribution >= 4 is 16.0 Å². The lowest BCUT2D eigenvalue weighted by Gasteiger charge is -2.30. The number of guanidine groups is 1. The number of benzene rings is 1. The monoisotopic (exact) mass is 352 g/mol. The average Bonchev–Trinajstić information content (AvgIpc) is 2.56. The Morgan fingerprint density at radius 1 is 1.25 bits per heavy atom. The van der Waals surface area contributed by atoms with Crippen LogP contribution in [0.1, 0.15) is 24.0 Å². The van der Waals surface area contributed by atoms with Gasteiger partial charge in [0, 0.05) is 33.2 Å². The Morgan fingerprint density at radius 2 is 1.92 bits per heavy atom. The number of aryl methyl sites for hydroxylation is 1. The van der Waals surface area contributed by atoms with Gasteiger partial charge in [-0.3, -0.25) is 4.99 Å². The fourth-order valence-electron chi connectivity index (χ4n) is 2.89. The highest BCUT2D eigenvalue weighted by Crippen LogP contribution is 2.18. The van der Waals surface area contributed by atoms with E-state index in [-0.39, 0.29) is 0 Å². The van der Waals surface area contributed by atoms with Gasteiger partial charge in [0.1, 0.15) is 0 Å². The molecular weight excluding hydrogens is 324 g/mol. The van der Waals surface area contributed by atoms with Crippen LogP contribution in [0, 0.1) is 12.8 Å². The van der Waals surface area contributed by atoms with Crippen LogP contribution in [0.3, 0.4) is 0 Å². The molecule has 1 fully saturated rings. The summed E-state index contributed by atoms with van der Waals surface area (Å²) in [4.78, 5) is 4.26. The average molecular weight is 353 g/mol. The minimum absolute atomic E-state index is 0.472. The maximum absolute atomic E-state index is 11.5. The van der Waals surface area contributed by atoms with Crippen molar-refractivity contribution in [2.75, 3.05) is 32.9 Å². The topological polar surface area (TPSA) is 73.8 Å². The number of hydrogen-bond donors (Lipinski definition) is 2. The summed E-state index contributed by atoms with van der Waals surface area (Å²) in [6, 6.07) is 8.28. The molecule has 24 heavy (non-hydrogen) atoms. The van der Waals surface area contributed by atoms with Crippen molar-refractivity contribution in [1.29, 1.82) is 0 Å². The third kappa shape index (κ3) is 5.49. The van der Waals surface area contributed by atoms with E-state index >= 15 is 0 Å². The zero-order chi connectivity index (χ0) is 17.6. The van der Waals surface area contributed by atoms with Crippen LogP contribution < -0.4 is 10.6 Å². The molecule has 0 bridgehead atoms. The van der Waals surface area contributed by atoms with Gasteiger partial charge in [0.25, 0.3) is 0 Å². The molecule has 1 aliphatic heterocycles. The van der Waals surface area contributed by atoms with Gasteiger partial charge in [-0.15, -0.1) is 0 Å². The molecule has 6 nitrogen and oxygen atoms in total. The normalized spacial score (nSPS) is 17.7. The van der Waals surface area contributed by atoms with Gasteiger partial charge >= 0.3 is 0 Å². The van der Waals surface area contributed by atoms with E-state index in [9.17, 15) is 8.42 Å². The summed E-state index contributed by atoms with van der Waals surface area (Å²) in [7, 11) is -1.29. The quantitative estimate of drug-likeness (QED) is 0.619. The smallest absolute Gasteiger partial charge is 0.211 e. The van der Waals surface area contributed by atoms with Crippen LogP contribution >= 0.6 is 0 Å². The summed E-state index contributed by atoms with van der Waals surface area (Å²) in [6.07, 6.45) is 3.05. The predicted octanol–water partition coefficient (Wildman–Crippen LogP) is 1.33. The summed E-state index contributed by atoms with van der Waals surface area (Å²) in [6.45, 7) is 4.87. The van der Waals surface area contributed by atoms with E-state index in [2.05, 4.69) is 34.7 Å². The first kappa shape index (κ1) is 18.7. The summed E-state index contributed by atoms with van der Waals surface area (Å²) in [5, 5.41) is 6.69. The molecular formula is C17H28N4O2S. The Balaban J connectivity index is 1.76. The Bertz CT molecular complexity index is 665. The lowest BCUT2D eigenvalue weighted by molar-refractivity contribution is 0.275. The fraction of sp³-hybridized carbons (Fsp3) is 0.588. The van der Waals surface area contributed by atoms with Gasteiger partial charge < -0.3 is 10.6 Å². The molecule has 1 aromatic rings. The van der Waals surface area contributed by atoms with Gasteiger partial charge in [-0.05, 0) is 36.8 Å². The largest absolute Gasteiger partial charge is 0.356 e. The maximum atomic E-state index is 11.5. The van der Waals surface area contributed by atoms with Crippen molar-refractivity contribution in [3.8, 4) is 0 Å². The van der Waals surface area contributed by atoms with E-state index in [1.54, 1.807) is 11.4 Å². The second-order valence-electron chi connectivity index (χ2n) is 6.34. The molecule has 0 unspecified atom stereocenters. The molecule has 0 saturated carbocycles. The molecule has 1 saturated heterocycles. The molecule has 1 aromatic carbocycles. The number of sulfonamides is 1. The Morgan fingerprint density at radius 3 is 2.50 bits per heavy atom. The second-order valence-corrected chi connectivity index (χ2v) is 8.32.